The summed E-state index contributed by atoms with van der Waals surface area (Å²) < 4.78 is 0. The maximum Gasteiger partial charge on any atom is 0.336 e. The summed E-state index contributed by atoms with van der Waals surface area (Å²) in [6, 6.07) is 14.1. The fraction of sp³-hybridized carbons (Fsp3) is 0.222. The number of halogens is 2. The molecule has 1 aromatic heterocycles. The quantitative estimate of drug-likeness (QED) is 0.204. The highest BCUT2D eigenvalue weighted by atomic mass is 35.5. The van der Waals surface area contributed by atoms with Crippen LogP contribution in [-0.2, 0) is 0 Å². The summed E-state index contributed by atoms with van der Waals surface area (Å²) in [5.41, 5.74) is 7.60. The van der Waals surface area contributed by atoms with E-state index in [1.165, 1.54) is 18.2 Å². The topological polar surface area (TPSA) is 158 Å². The molecule has 0 radical (unpaired) electrons. The zero-order valence-corrected chi connectivity index (χ0v) is 23.0. The van der Waals surface area contributed by atoms with E-state index in [2.05, 4.69) is 15.6 Å². The van der Waals surface area contributed by atoms with Crippen molar-refractivity contribution in [1.29, 1.82) is 5.41 Å². The van der Waals surface area contributed by atoms with Crippen LogP contribution in [0.3, 0.4) is 0 Å². The Kier molecular flexibility index (Phi) is 11.0. The molecule has 0 atom stereocenters. The van der Waals surface area contributed by atoms with Gasteiger partial charge in [-0.15, -0.1) is 24.8 Å². The molecule has 1 heterocycles. The number of pyridine rings is 1. The highest BCUT2D eigenvalue weighted by Gasteiger charge is 2.22. The van der Waals surface area contributed by atoms with E-state index in [1.807, 2.05) is 20.8 Å². The summed E-state index contributed by atoms with van der Waals surface area (Å²) in [6.45, 7) is 8.09. The Hall–Kier alpha value is -3.95. The zero-order valence-electron chi connectivity index (χ0n) is 21.4. The largest absolute Gasteiger partial charge is 0.478 e. The number of carbonyl (C=O) groups excluding carboxylic acids is 2. The first kappa shape index (κ1) is 32.1. The Morgan fingerprint density at radius 3 is 2.05 bits per heavy atom. The van der Waals surface area contributed by atoms with E-state index in [-0.39, 0.29) is 64.4 Å². The number of rotatable bonds is 7. The number of carboxylic acid groups (broad SMARTS) is 1. The third-order valence-electron chi connectivity index (χ3n) is 5.28. The number of nitrogens with one attached hydrogen (secondary N) is 3. The number of aromatic carboxylic acids is 1. The molecule has 2 amide bonds. The monoisotopic (exact) mass is 559 g/mol. The molecular weight excluding hydrogens is 529 g/mol. The zero-order chi connectivity index (χ0) is 26.6. The van der Waals surface area contributed by atoms with Gasteiger partial charge in [-0.1, -0.05) is 32.9 Å². The molecule has 202 valence electrons. The van der Waals surface area contributed by atoms with Crippen molar-refractivity contribution in [3.8, 4) is 11.1 Å². The first-order chi connectivity index (χ1) is 16.9. The molecule has 6 N–H and O–H groups in total. The van der Waals surface area contributed by atoms with E-state index in [4.69, 9.17) is 11.1 Å². The Labute approximate surface area is 233 Å². The number of nitrogen functional groups attached to an aromatic ring is 1. The summed E-state index contributed by atoms with van der Waals surface area (Å²) in [5.74, 6) is -2.24. The molecular formula is C27H31Cl2N5O4. The van der Waals surface area contributed by atoms with Crippen molar-refractivity contribution < 1.29 is 19.5 Å². The number of nitrogens with zero attached hydrogens (tertiary/aromatic N) is 1. The number of amidine groups is 1. The van der Waals surface area contributed by atoms with Crippen molar-refractivity contribution in [2.45, 2.75) is 27.7 Å². The molecule has 0 unspecified atom stereocenters. The van der Waals surface area contributed by atoms with Crippen LogP contribution in [0.2, 0.25) is 0 Å². The van der Waals surface area contributed by atoms with Gasteiger partial charge in [0.2, 0.25) is 0 Å². The van der Waals surface area contributed by atoms with Crippen LogP contribution in [0.5, 0.6) is 0 Å². The molecule has 0 fully saturated rings. The molecule has 0 aliphatic heterocycles. The number of nitrogens with two attached hydrogens (primary N) is 1. The van der Waals surface area contributed by atoms with Gasteiger partial charge in [-0.3, -0.25) is 15.0 Å². The predicted octanol–water partition coefficient (Wildman–Crippen LogP) is 4.91. The number of amides is 2. The van der Waals surface area contributed by atoms with Crippen molar-refractivity contribution in [2.24, 2.45) is 11.1 Å². The van der Waals surface area contributed by atoms with Gasteiger partial charge >= 0.3 is 5.97 Å². The van der Waals surface area contributed by atoms with Crippen molar-refractivity contribution >= 4 is 54.1 Å². The lowest BCUT2D eigenvalue weighted by Gasteiger charge is -2.19. The molecule has 2 aromatic carbocycles. The van der Waals surface area contributed by atoms with Crippen LogP contribution in [0.15, 0.2) is 54.6 Å². The first-order valence-electron chi connectivity index (χ1n) is 11.2. The van der Waals surface area contributed by atoms with Gasteiger partial charge in [0, 0.05) is 34.6 Å². The molecule has 0 bridgehead atoms. The molecule has 11 heteroatoms. The lowest BCUT2D eigenvalue weighted by Crippen LogP contribution is -2.32. The van der Waals surface area contributed by atoms with Gasteiger partial charge in [0.25, 0.3) is 11.8 Å². The third kappa shape index (κ3) is 8.03. The van der Waals surface area contributed by atoms with Gasteiger partial charge in [-0.05, 0) is 60.4 Å². The van der Waals surface area contributed by atoms with Crippen LogP contribution in [0.25, 0.3) is 11.1 Å². The second-order valence-electron chi connectivity index (χ2n) is 9.60. The maximum atomic E-state index is 13.2. The van der Waals surface area contributed by atoms with E-state index < -0.39 is 11.9 Å². The van der Waals surface area contributed by atoms with Crippen LogP contribution >= 0.6 is 24.8 Å². The summed E-state index contributed by atoms with van der Waals surface area (Å²) in [7, 11) is 0. The number of carboxylic acids is 1. The second-order valence-corrected chi connectivity index (χ2v) is 9.60. The Morgan fingerprint density at radius 1 is 0.921 bits per heavy atom. The van der Waals surface area contributed by atoms with Crippen molar-refractivity contribution in [3.63, 3.8) is 0 Å². The molecule has 38 heavy (non-hydrogen) atoms. The number of hydrogen-bond donors (Lipinski definition) is 5. The van der Waals surface area contributed by atoms with Crippen LogP contribution < -0.4 is 16.4 Å². The minimum Gasteiger partial charge on any atom is -0.478 e. The lowest BCUT2D eigenvalue weighted by atomic mass is 9.94. The van der Waals surface area contributed by atoms with Crippen LogP contribution in [0.4, 0.5) is 5.69 Å². The van der Waals surface area contributed by atoms with Crippen LogP contribution in [0.1, 0.15) is 63.2 Å². The summed E-state index contributed by atoms with van der Waals surface area (Å²) in [6.07, 6.45) is 0. The number of hydrogen-bond acceptors (Lipinski definition) is 5. The number of aryl methyl sites for hydroxylation is 1. The molecule has 0 saturated carbocycles. The summed E-state index contributed by atoms with van der Waals surface area (Å²) in [5, 5.41) is 22.9. The number of benzene rings is 2. The molecule has 3 aromatic rings. The Morgan fingerprint density at radius 2 is 1.50 bits per heavy atom. The van der Waals surface area contributed by atoms with Crippen LogP contribution in [-0.4, -0.2) is 40.3 Å². The predicted molar refractivity (Wildman–Crippen MR) is 153 cm³/mol. The van der Waals surface area contributed by atoms with Crippen LogP contribution in [0, 0.1) is 17.7 Å². The van der Waals surface area contributed by atoms with E-state index in [9.17, 15) is 19.5 Å². The number of aromatic nitrogens is 1. The fourth-order valence-corrected chi connectivity index (χ4v) is 3.42. The third-order valence-corrected chi connectivity index (χ3v) is 5.28. The maximum absolute atomic E-state index is 13.2. The van der Waals surface area contributed by atoms with Gasteiger partial charge in [0.1, 0.15) is 11.5 Å². The van der Waals surface area contributed by atoms with Gasteiger partial charge in [-0.25, -0.2) is 9.78 Å². The standard InChI is InChI=1S/C27H29N5O4.2ClH/c1-15-5-11-20(22(31-15)25(34)32-18-9-6-16(7-10-18)23(28)29)19-12-8-17(13-21(19)26(35)36)24(33)30-14-27(2,3)4;;/h5-13H,14H2,1-4H3,(H3,28,29)(H,30,33)(H,32,34)(H,35,36);2*1H. The highest BCUT2D eigenvalue weighted by molar-refractivity contribution is 6.10. The van der Waals surface area contributed by atoms with Gasteiger partial charge < -0.3 is 21.5 Å². The van der Waals surface area contributed by atoms with Gasteiger partial charge in [0.05, 0.1) is 5.56 Å². The van der Waals surface area contributed by atoms with E-state index in [0.29, 0.717) is 29.1 Å². The number of anilines is 1. The summed E-state index contributed by atoms with van der Waals surface area (Å²) >= 11 is 0. The average molecular weight is 560 g/mol. The Balaban J connectivity index is 0.00000361. The van der Waals surface area contributed by atoms with Gasteiger partial charge in [-0.2, -0.15) is 0 Å². The van der Waals surface area contributed by atoms with Crippen molar-refractivity contribution in [2.75, 3.05) is 11.9 Å². The second kappa shape index (κ2) is 13.0. The molecule has 0 aliphatic rings. The molecule has 0 saturated heterocycles. The average Bonchev–Trinajstić information content (AvgIpc) is 2.82. The highest BCUT2D eigenvalue weighted by Crippen LogP contribution is 2.29. The molecule has 0 spiro atoms. The fourth-order valence-electron chi connectivity index (χ4n) is 3.42. The van der Waals surface area contributed by atoms with E-state index in [0.717, 1.165) is 0 Å². The first-order valence-corrected chi connectivity index (χ1v) is 11.2. The SMILES string of the molecule is Cc1ccc(-c2ccc(C(=O)NCC(C)(C)C)cc2C(=O)O)c(C(=O)Nc2ccc(C(=N)N)cc2)n1.Cl.Cl. The summed E-state index contributed by atoms with van der Waals surface area (Å²) in [4.78, 5) is 42.3. The van der Waals surface area contributed by atoms with Crippen molar-refractivity contribution in [3.05, 3.63) is 82.7 Å². The number of carbonyl (C=O) groups is 3. The minimum atomic E-state index is -1.23. The Bertz CT molecular complexity index is 1350. The molecule has 0 aliphatic carbocycles. The van der Waals surface area contributed by atoms with E-state index >= 15 is 0 Å². The van der Waals surface area contributed by atoms with E-state index in [1.54, 1.807) is 43.3 Å². The molecule has 9 nitrogen and oxygen atoms in total. The normalized spacial score (nSPS) is 10.4. The smallest absolute Gasteiger partial charge is 0.336 e. The lowest BCUT2D eigenvalue weighted by molar-refractivity contribution is 0.0697. The van der Waals surface area contributed by atoms with Crippen molar-refractivity contribution in [1.82, 2.24) is 10.3 Å². The molecule has 3 rings (SSSR count). The minimum absolute atomic E-state index is 0. The van der Waals surface area contributed by atoms with Gasteiger partial charge in [0.15, 0.2) is 0 Å².